The smallest absolute Gasteiger partial charge is 0.237 e. The molecule has 1 N–H and O–H groups in total. The molecule has 82 valence electrons. The topological polar surface area (TPSA) is 38.8 Å². The first-order valence-electron chi connectivity index (χ1n) is 4.96. The van der Waals surface area contributed by atoms with Gasteiger partial charge in [0.2, 0.25) is 5.91 Å². The second kappa shape index (κ2) is 5.29. The number of carbonyl (C=O) groups is 1. The minimum atomic E-state index is 0.115. The van der Waals surface area contributed by atoms with Crippen molar-refractivity contribution >= 4 is 5.91 Å². The zero-order chi connectivity index (χ0) is 10.6. The van der Waals surface area contributed by atoms with Crippen LogP contribution in [0.25, 0.3) is 0 Å². The van der Waals surface area contributed by atoms with E-state index in [0.717, 1.165) is 26.2 Å². The van der Waals surface area contributed by atoms with Gasteiger partial charge < -0.3 is 9.80 Å². The van der Waals surface area contributed by atoms with Gasteiger partial charge >= 0.3 is 0 Å². The molecule has 0 unspecified atom stereocenters. The van der Waals surface area contributed by atoms with E-state index in [1.54, 1.807) is 19.0 Å². The van der Waals surface area contributed by atoms with Crippen LogP contribution in [0.4, 0.5) is 0 Å². The molecule has 0 radical (unpaired) electrons. The van der Waals surface area contributed by atoms with Crippen molar-refractivity contribution in [1.82, 2.24) is 20.2 Å². The molecule has 1 amide bonds. The molecule has 1 rings (SSSR count). The lowest BCUT2D eigenvalue weighted by molar-refractivity contribution is -0.128. The van der Waals surface area contributed by atoms with E-state index in [4.69, 9.17) is 0 Å². The van der Waals surface area contributed by atoms with Gasteiger partial charge in [0.15, 0.2) is 0 Å². The Kier molecular flexibility index (Phi) is 4.31. The van der Waals surface area contributed by atoms with Crippen molar-refractivity contribution in [1.29, 1.82) is 0 Å². The standard InChI is InChI=1S/C9H20N4O/c1-11(2)9(14)8-10-13-6-4-12(3)5-7-13/h10H,4-8H2,1-3H3. The number of likely N-dealkylation sites (N-methyl/N-ethyl adjacent to an activating group) is 2. The van der Waals surface area contributed by atoms with E-state index in [-0.39, 0.29) is 5.91 Å². The summed E-state index contributed by atoms with van der Waals surface area (Å²) in [4.78, 5) is 15.2. The van der Waals surface area contributed by atoms with Crippen molar-refractivity contribution in [3.63, 3.8) is 0 Å². The van der Waals surface area contributed by atoms with Crippen molar-refractivity contribution < 1.29 is 4.79 Å². The molecule has 0 aromatic rings. The number of nitrogens with one attached hydrogen (secondary N) is 1. The maximum absolute atomic E-state index is 11.3. The van der Waals surface area contributed by atoms with Gasteiger partial charge in [0.1, 0.15) is 0 Å². The molecule has 0 atom stereocenters. The van der Waals surface area contributed by atoms with E-state index >= 15 is 0 Å². The third kappa shape index (κ3) is 3.61. The summed E-state index contributed by atoms with van der Waals surface area (Å²) < 4.78 is 0. The van der Waals surface area contributed by atoms with Crippen LogP contribution in [0.2, 0.25) is 0 Å². The molecule has 0 aromatic carbocycles. The third-order valence-corrected chi connectivity index (χ3v) is 2.46. The molecule has 1 aliphatic heterocycles. The minimum Gasteiger partial charge on any atom is -0.348 e. The van der Waals surface area contributed by atoms with Gasteiger partial charge in [-0.05, 0) is 7.05 Å². The van der Waals surface area contributed by atoms with Crippen LogP contribution >= 0.6 is 0 Å². The summed E-state index contributed by atoms with van der Waals surface area (Å²) in [6.07, 6.45) is 0. The molecular weight excluding hydrogens is 180 g/mol. The van der Waals surface area contributed by atoms with Crippen LogP contribution in [0.15, 0.2) is 0 Å². The highest BCUT2D eigenvalue weighted by Crippen LogP contribution is 1.94. The maximum Gasteiger partial charge on any atom is 0.237 e. The van der Waals surface area contributed by atoms with Gasteiger partial charge in [-0.3, -0.25) is 4.79 Å². The zero-order valence-corrected chi connectivity index (χ0v) is 9.29. The minimum absolute atomic E-state index is 0.115. The Bertz CT molecular complexity index is 187. The fourth-order valence-corrected chi connectivity index (χ4v) is 1.30. The highest BCUT2D eigenvalue weighted by molar-refractivity contribution is 5.77. The van der Waals surface area contributed by atoms with Crippen LogP contribution in [-0.4, -0.2) is 74.6 Å². The van der Waals surface area contributed by atoms with Gasteiger partial charge in [-0.25, -0.2) is 10.4 Å². The monoisotopic (exact) mass is 200 g/mol. The van der Waals surface area contributed by atoms with Crippen LogP contribution in [-0.2, 0) is 4.79 Å². The summed E-state index contributed by atoms with van der Waals surface area (Å²) in [5, 5.41) is 2.11. The van der Waals surface area contributed by atoms with Gasteiger partial charge in [-0.15, -0.1) is 0 Å². The lowest BCUT2D eigenvalue weighted by Crippen LogP contribution is -2.52. The molecule has 1 aliphatic rings. The SMILES string of the molecule is CN1CCN(NCC(=O)N(C)C)CC1. The summed E-state index contributed by atoms with van der Waals surface area (Å²) >= 11 is 0. The van der Waals surface area contributed by atoms with Gasteiger partial charge in [0.25, 0.3) is 0 Å². The molecule has 1 heterocycles. The predicted molar refractivity (Wildman–Crippen MR) is 55.8 cm³/mol. The normalized spacial score (nSPS) is 19.6. The molecule has 0 spiro atoms. The zero-order valence-electron chi connectivity index (χ0n) is 9.29. The highest BCUT2D eigenvalue weighted by Gasteiger charge is 2.14. The Morgan fingerprint density at radius 3 is 2.36 bits per heavy atom. The first-order valence-corrected chi connectivity index (χ1v) is 4.96. The first-order chi connectivity index (χ1) is 6.59. The first kappa shape index (κ1) is 11.4. The Morgan fingerprint density at radius 1 is 1.29 bits per heavy atom. The molecule has 5 heteroatoms. The number of piperazine rings is 1. The lowest BCUT2D eigenvalue weighted by atomic mass is 10.4. The summed E-state index contributed by atoms with van der Waals surface area (Å²) in [6, 6.07) is 0. The average molecular weight is 200 g/mol. The highest BCUT2D eigenvalue weighted by atomic mass is 16.2. The largest absolute Gasteiger partial charge is 0.348 e. The van der Waals surface area contributed by atoms with E-state index in [0.29, 0.717) is 6.54 Å². The van der Waals surface area contributed by atoms with Crippen LogP contribution in [0.1, 0.15) is 0 Å². The molecule has 0 bridgehead atoms. The summed E-state index contributed by atoms with van der Waals surface area (Å²) in [7, 11) is 5.66. The Hall–Kier alpha value is -0.650. The second-order valence-electron chi connectivity index (χ2n) is 3.91. The van der Waals surface area contributed by atoms with Crippen molar-refractivity contribution in [2.24, 2.45) is 0 Å². The van der Waals surface area contributed by atoms with E-state index in [2.05, 4.69) is 22.4 Å². The molecule has 14 heavy (non-hydrogen) atoms. The molecular formula is C9H20N4O. The van der Waals surface area contributed by atoms with Crippen molar-refractivity contribution in [2.75, 3.05) is 53.9 Å². The summed E-state index contributed by atoms with van der Waals surface area (Å²) in [6.45, 7) is 4.48. The van der Waals surface area contributed by atoms with E-state index < -0.39 is 0 Å². The van der Waals surface area contributed by atoms with Crippen LogP contribution in [0.5, 0.6) is 0 Å². The molecule has 5 nitrogen and oxygen atoms in total. The number of carbonyl (C=O) groups excluding carboxylic acids is 1. The fourth-order valence-electron chi connectivity index (χ4n) is 1.30. The number of rotatable bonds is 3. The van der Waals surface area contributed by atoms with E-state index in [1.807, 2.05) is 0 Å². The quantitative estimate of drug-likeness (QED) is 0.623. The number of amides is 1. The lowest BCUT2D eigenvalue weighted by Gasteiger charge is -2.32. The van der Waals surface area contributed by atoms with Gasteiger partial charge in [-0.1, -0.05) is 0 Å². The van der Waals surface area contributed by atoms with Crippen molar-refractivity contribution in [3.8, 4) is 0 Å². The Morgan fingerprint density at radius 2 is 1.86 bits per heavy atom. The van der Waals surface area contributed by atoms with Gasteiger partial charge in [0.05, 0.1) is 6.54 Å². The van der Waals surface area contributed by atoms with E-state index in [9.17, 15) is 4.79 Å². The number of nitrogens with zero attached hydrogens (tertiary/aromatic N) is 3. The predicted octanol–water partition coefficient (Wildman–Crippen LogP) is -1.17. The maximum atomic E-state index is 11.3. The van der Waals surface area contributed by atoms with Crippen LogP contribution < -0.4 is 5.43 Å². The van der Waals surface area contributed by atoms with E-state index in [1.165, 1.54) is 0 Å². The molecule has 0 saturated carbocycles. The number of hydrogen-bond acceptors (Lipinski definition) is 4. The van der Waals surface area contributed by atoms with Crippen LogP contribution in [0, 0.1) is 0 Å². The Balaban J connectivity index is 2.16. The van der Waals surface area contributed by atoms with Crippen LogP contribution in [0.3, 0.4) is 0 Å². The van der Waals surface area contributed by atoms with Crippen molar-refractivity contribution in [3.05, 3.63) is 0 Å². The fraction of sp³-hybridized carbons (Fsp3) is 0.889. The molecule has 0 aliphatic carbocycles. The van der Waals surface area contributed by atoms with Gasteiger partial charge in [-0.2, -0.15) is 0 Å². The summed E-state index contributed by atoms with van der Waals surface area (Å²) in [5.74, 6) is 0.115. The molecule has 1 saturated heterocycles. The third-order valence-electron chi connectivity index (χ3n) is 2.46. The Labute approximate surface area is 85.6 Å². The molecule has 0 aromatic heterocycles. The second-order valence-corrected chi connectivity index (χ2v) is 3.91. The number of hydrazine groups is 1. The average Bonchev–Trinajstić information content (AvgIpc) is 2.16. The van der Waals surface area contributed by atoms with Crippen molar-refractivity contribution in [2.45, 2.75) is 0 Å². The summed E-state index contributed by atoms with van der Waals surface area (Å²) in [5.41, 5.74) is 3.14. The van der Waals surface area contributed by atoms with Gasteiger partial charge in [0, 0.05) is 40.3 Å². The molecule has 1 fully saturated rings. The number of hydrogen-bond donors (Lipinski definition) is 1.